The lowest BCUT2D eigenvalue weighted by Crippen LogP contribution is -2.51. The van der Waals surface area contributed by atoms with Crippen LogP contribution in [-0.2, 0) is 16.0 Å². The number of esters is 1. The predicted molar refractivity (Wildman–Crippen MR) is 182 cm³/mol. The van der Waals surface area contributed by atoms with Crippen LogP contribution in [0.3, 0.4) is 0 Å². The van der Waals surface area contributed by atoms with Crippen molar-refractivity contribution in [2.24, 2.45) is 0 Å². The van der Waals surface area contributed by atoms with E-state index < -0.39 is 6.04 Å². The second-order valence-corrected chi connectivity index (χ2v) is 13.3. The molecule has 1 N–H and O–H groups in total. The Morgan fingerprint density at radius 3 is 1.93 bits per heavy atom. The van der Waals surface area contributed by atoms with Crippen molar-refractivity contribution in [3.8, 4) is 0 Å². The average Bonchev–Trinajstić information content (AvgIpc) is 3.46. The Hall–Kier alpha value is -4.22. The number of nitrogens with zero attached hydrogens (tertiary/aromatic N) is 8. The molecule has 5 heterocycles. The van der Waals surface area contributed by atoms with Crippen LogP contribution in [0.2, 0.25) is 0 Å². The van der Waals surface area contributed by atoms with E-state index in [9.17, 15) is 4.79 Å². The third-order valence-corrected chi connectivity index (χ3v) is 9.93. The summed E-state index contributed by atoms with van der Waals surface area (Å²) in [5, 5.41) is 1.13. The van der Waals surface area contributed by atoms with Crippen LogP contribution in [0.1, 0.15) is 48.2 Å². The first-order valence-corrected chi connectivity index (χ1v) is 16.5. The monoisotopic (exact) mass is 623 g/mol. The Balaban J connectivity index is 1.42. The van der Waals surface area contributed by atoms with Crippen LogP contribution in [0.5, 0.6) is 0 Å². The summed E-state index contributed by atoms with van der Waals surface area (Å²) in [5.41, 5.74) is 5.57. The molecule has 0 unspecified atom stereocenters. The van der Waals surface area contributed by atoms with E-state index in [4.69, 9.17) is 19.7 Å². The van der Waals surface area contributed by atoms with Gasteiger partial charge in [-0.3, -0.25) is 0 Å². The van der Waals surface area contributed by atoms with Crippen LogP contribution in [0.25, 0.3) is 10.9 Å². The summed E-state index contributed by atoms with van der Waals surface area (Å²) in [6, 6.07) is 16.1. The number of carbonyl (C=O) groups is 1. The molecule has 11 heteroatoms. The zero-order chi connectivity index (χ0) is 31.9. The maximum Gasteiger partial charge on any atom is 0.328 e. The predicted octanol–water partition coefficient (Wildman–Crippen LogP) is 3.67. The Morgan fingerprint density at radius 2 is 1.37 bits per heavy atom. The van der Waals surface area contributed by atoms with Crippen LogP contribution in [-0.4, -0.2) is 115 Å². The Bertz CT molecular complexity index is 1650. The van der Waals surface area contributed by atoms with Gasteiger partial charge in [0.15, 0.2) is 0 Å². The molecule has 0 radical (unpaired) electrons. The Labute approximate surface area is 271 Å². The average molecular weight is 624 g/mol. The fraction of sp³-hybridized carbons (Fsp3) is 0.486. The first kappa shape index (κ1) is 30.4. The van der Waals surface area contributed by atoms with Crippen LogP contribution >= 0.6 is 0 Å². The molecule has 0 bridgehead atoms. The van der Waals surface area contributed by atoms with Crippen LogP contribution in [0, 0.1) is 0 Å². The molecule has 2 fully saturated rings. The Morgan fingerprint density at radius 1 is 0.804 bits per heavy atom. The summed E-state index contributed by atoms with van der Waals surface area (Å²) in [7, 11) is 5.76. The molecule has 2 aromatic heterocycles. The standard InChI is InChI=1S/C35H45N9O2/c1-23(2)24-10-12-25(13-11-24)31-30-27(26-8-6-7-9-28(26)36-30)22-29(32(45)46-5)44(31)35-38-33(42-18-14-40(3)15-19-42)37-34(39-35)43-20-16-41(4)17-21-43/h6-13,23,29,31,36H,14-22H2,1-5H3/t29-,31-/m0/s1. The lowest BCUT2D eigenvalue weighted by atomic mass is 9.87. The quantitative estimate of drug-likeness (QED) is 0.321. The van der Waals surface area contributed by atoms with E-state index in [-0.39, 0.29) is 12.0 Å². The largest absolute Gasteiger partial charge is 0.467 e. The fourth-order valence-corrected chi connectivity index (χ4v) is 7.02. The normalized spacial score (nSPS) is 21.2. The number of hydrogen-bond donors (Lipinski definition) is 1. The van der Waals surface area contributed by atoms with Crippen LogP contribution < -0.4 is 14.7 Å². The minimum atomic E-state index is -0.630. The molecular formula is C35H45N9O2. The lowest BCUT2D eigenvalue weighted by molar-refractivity contribution is -0.142. The van der Waals surface area contributed by atoms with Crippen molar-refractivity contribution in [2.75, 3.05) is 88.3 Å². The van der Waals surface area contributed by atoms with Gasteiger partial charge < -0.3 is 34.2 Å². The first-order valence-electron chi connectivity index (χ1n) is 16.5. The number of likely N-dealkylation sites (N-methyl/N-ethyl adjacent to an activating group) is 2. The molecule has 0 spiro atoms. The summed E-state index contributed by atoms with van der Waals surface area (Å²) < 4.78 is 5.50. The smallest absolute Gasteiger partial charge is 0.328 e. The number of hydrogen-bond acceptors (Lipinski definition) is 10. The number of ether oxygens (including phenoxy) is 1. The van der Waals surface area contributed by atoms with Gasteiger partial charge >= 0.3 is 5.97 Å². The van der Waals surface area contributed by atoms with E-state index in [0.29, 0.717) is 30.2 Å². The van der Waals surface area contributed by atoms with E-state index >= 15 is 0 Å². The van der Waals surface area contributed by atoms with Crippen molar-refractivity contribution in [2.45, 2.75) is 38.3 Å². The number of fused-ring (bicyclic) bond motifs is 3. The molecule has 11 nitrogen and oxygen atoms in total. The van der Waals surface area contributed by atoms with E-state index in [1.807, 2.05) is 6.07 Å². The minimum Gasteiger partial charge on any atom is -0.467 e. The first-order chi connectivity index (χ1) is 22.3. The van der Waals surface area contributed by atoms with E-state index in [1.54, 1.807) is 0 Å². The SMILES string of the molecule is COC(=O)[C@@H]1Cc2c([nH]c3ccccc23)[C@H](c2ccc(C(C)C)cc2)N1c1nc(N2CCN(C)CC2)nc(N2CCN(C)CC2)n1. The van der Waals surface area contributed by atoms with Gasteiger partial charge in [-0.2, -0.15) is 15.0 Å². The van der Waals surface area contributed by atoms with Crippen molar-refractivity contribution in [1.82, 2.24) is 29.7 Å². The topological polar surface area (TPSA) is 97.0 Å². The van der Waals surface area contributed by atoms with Gasteiger partial charge in [-0.25, -0.2) is 4.79 Å². The second kappa shape index (κ2) is 12.5. The number of nitrogens with one attached hydrogen (secondary N) is 1. The van der Waals surface area contributed by atoms with Gasteiger partial charge in [-0.15, -0.1) is 0 Å². The maximum atomic E-state index is 13.8. The highest BCUT2D eigenvalue weighted by atomic mass is 16.5. The molecule has 3 aliphatic rings. The van der Waals surface area contributed by atoms with E-state index in [1.165, 1.54) is 12.7 Å². The van der Waals surface area contributed by atoms with Crippen molar-refractivity contribution < 1.29 is 9.53 Å². The van der Waals surface area contributed by atoms with Gasteiger partial charge in [0.25, 0.3) is 0 Å². The van der Waals surface area contributed by atoms with Gasteiger partial charge in [0.05, 0.1) is 13.2 Å². The number of aromatic amines is 1. The number of para-hydroxylation sites is 1. The van der Waals surface area contributed by atoms with Gasteiger partial charge in [0.2, 0.25) is 17.8 Å². The number of carbonyl (C=O) groups excluding carboxylic acids is 1. The number of anilines is 3. The third-order valence-electron chi connectivity index (χ3n) is 9.93. The second-order valence-electron chi connectivity index (χ2n) is 13.3. The molecule has 2 atom stereocenters. The highest BCUT2D eigenvalue weighted by molar-refractivity contribution is 5.89. The highest BCUT2D eigenvalue weighted by Crippen LogP contribution is 2.43. The number of rotatable bonds is 6. The fourth-order valence-electron chi connectivity index (χ4n) is 7.02. The molecular weight excluding hydrogens is 578 g/mol. The van der Waals surface area contributed by atoms with Crippen molar-refractivity contribution in [3.63, 3.8) is 0 Å². The minimum absolute atomic E-state index is 0.303. The lowest BCUT2D eigenvalue weighted by Gasteiger charge is -2.42. The molecule has 46 heavy (non-hydrogen) atoms. The Kier molecular flexibility index (Phi) is 8.29. The molecule has 3 aliphatic heterocycles. The zero-order valence-corrected chi connectivity index (χ0v) is 27.6. The van der Waals surface area contributed by atoms with Crippen LogP contribution in [0.15, 0.2) is 48.5 Å². The van der Waals surface area contributed by atoms with Crippen molar-refractivity contribution >= 4 is 34.7 Å². The summed E-state index contributed by atoms with van der Waals surface area (Å²) >= 11 is 0. The number of piperazine rings is 2. The molecule has 0 aliphatic carbocycles. The third kappa shape index (κ3) is 5.66. The summed E-state index contributed by atoms with van der Waals surface area (Å²) in [6.07, 6.45) is 0.478. The van der Waals surface area contributed by atoms with Gasteiger partial charge in [-0.05, 0) is 42.8 Å². The zero-order valence-electron chi connectivity index (χ0n) is 27.6. The van der Waals surface area contributed by atoms with Gasteiger partial charge in [0.1, 0.15) is 6.04 Å². The molecule has 0 amide bonds. The highest BCUT2D eigenvalue weighted by Gasteiger charge is 2.44. The molecule has 4 aromatic rings. The molecule has 2 aromatic carbocycles. The summed E-state index contributed by atoms with van der Waals surface area (Å²) in [6.45, 7) is 11.5. The van der Waals surface area contributed by atoms with Gasteiger partial charge in [-0.1, -0.05) is 56.3 Å². The van der Waals surface area contributed by atoms with Crippen molar-refractivity contribution in [1.29, 1.82) is 0 Å². The molecule has 7 rings (SSSR count). The maximum absolute atomic E-state index is 13.8. The number of H-pyrrole nitrogens is 1. The summed E-state index contributed by atoms with van der Waals surface area (Å²) in [5.74, 6) is 1.92. The van der Waals surface area contributed by atoms with Crippen molar-refractivity contribution in [3.05, 3.63) is 70.9 Å². The molecule has 2 saturated heterocycles. The number of benzene rings is 2. The molecule has 242 valence electrons. The number of methoxy groups -OCH3 is 1. The van der Waals surface area contributed by atoms with Crippen LogP contribution in [0.4, 0.5) is 17.8 Å². The van der Waals surface area contributed by atoms with E-state index in [0.717, 1.165) is 80.1 Å². The summed E-state index contributed by atoms with van der Waals surface area (Å²) in [4.78, 5) is 44.2. The number of aromatic nitrogens is 4. The van der Waals surface area contributed by atoms with E-state index in [2.05, 4.69) is 99.9 Å². The van der Waals surface area contributed by atoms with Gasteiger partial charge in [0, 0.05) is 75.4 Å². The molecule has 0 saturated carbocycles.